The lowest BCUT2D eigenvalue weighted by Gasteiger charge is -2.33. The Bertz CT molecular complexity index is 539. The van der Waals surface area contributed by atoms with Crippen molar-refractivity contribution in [1.82, 2.24) is 9.47 Å². The van der Waals surface area contributed by atoms with Crippen molar-refractivity contribution in [1.29, 1.82) is 0 Å². The van der Waals surface area contributed by atoms with Gasteiger partial charge in [0.2, 0.25) is 0 Å². The lowest BCUT2D eigenvalue weighted by molar-refractivity contribution is -0.140. The van der Waals surface area contributed by atoms with E-state index in [1.54, 1.807) is 23.5 Å². The predicted octanol–water partition coefficient (Wildman–Crippen LogP) is 2.64. The van der Waals surface area contributed by atoms with Crippen LogP contribution in [0.3, 0.4) is 0 Å². The van der Waals surface area contributed by atoms with Crippen LogP contribution in [-0.2, 0) is 16.1 Å². The number of fused-ring (bicyclic) bond motifs is 3. The Kier molecular flexibility index (Phi) is 3.54. The molecule has 0 aromatic carbocycles. The molecular formula is C13H16N2O2S2. The van der Waals surface area contributed by atoms with Crippen LogP contribution in [-0.4, -0.2) is 34.8 Å². The number of nitrogens with zero attached hydrogens (tertiary/aromatic N) is 2. The molecule has 3 heterocycles. The molecule has 19 heavy (non-hydrogen) atoms. The van der Waals surface area contributed by atoms with Crippen molar-refractivity contribution in [3.8, 4) is 0 Å². The lowest BCUT2D eigenvalue weighted by Crippen LogP contribution is -2.35. The van der Waals surface area contributed by atoms with Crippen LogP contribution in [0.4, 0.5) is 0 Å². The van der Waals surface area contributed by atoms with Crippen molar-refractivity contribution in [2.75, 3.05) is 19.4 Å². The van der Waals surface area contributed by atoms with Gasteiger partial charge in [0.05, 0.1) is 16.5 Å². The predicted molar refractivity (Wildman–Crippen MR) is 78.6 cm³/mol. The van der Waals surface area contributed by atoms with Gasteiger partial charge in [0, 0.05) is 19.3 Å². The van der Waals surface area contributed by atoms with Crippen molar-refractivity contribution in [2.45, 2.75) is 18.8 Å². The smallest absolute Gasteiger partial charge is 0.356 e. The van der Waals surface area contributed by atoms with Crippen molar-refractivity contribution < 1.29 is 9.53 Å². The summed E-state index contributed by atoms with van der Waals surface area (Å²) in [5.74, 6) is -0.193. The van der Waals surface area contributed by atoms with E-state index in [1.807, 2.05) is 13.2 Å². The third-order valence-corrected chi connectivity index (χ3v) is 5.82. The third kappa shape index (κ3) is 2.07. The molecule has 2 aliphatic heterocycles. The van der Waals surface area contributed by atoms with Crippen molar-refractivity contribution >= 4 is 29.5 Å². The molecule has 0 radical (unpaired) electrons. The molecule has 1 atom stereocenters. The highest BCUT2D eigenvalue weighted by atomic mass is 32.2. The molecule has 3 rings (SSSR count). The van der Waals surface area contributed by atoms with Crippen LogP contribution < -0.4 is 0 Å². The fourth-order valence-electron chi connectivity index (χ4n) is 2.52. The fraction of sp³-hybridized carbons (Fsp3) is 0.462. The molecular weight excluding hydrogens is 280 g/mol. The first-order chi connectivity index (χ1) is 9.26. The number of aromatic nitrogens is 1. The average Bonchev–Trinajstić information content (AvgIpc) is 3.01. The minimum absolute atomic E-state index is 0.193. The molecule has 2 aliphatic rings. The Morgan fingerprint density at radius 2 is 2.42 bits per heavy atom. The zero-order valence-corrected chi connectivity index (χ0v) is 12.6. The summed E-state index contributed by atoms with van der Waals surface area (Å²) in [5.41, 5.74) is 2.01. The highest BCUT2D eigenvalue weighted by Crippen LogP contribution is 2.52. The van der Waals surface area contributed by atoms with Crippen LogP contribution in [0.15, 0.2) is 28.3 Å². The van der Waals surface area contributed by atoms with Crippen LogP contribution in [0.2, 0.25) is 0 Å². The van der Waals surface area contributed by atoms with E-state index >= 15 is 0 Å². The molecule has 0 fully saturated rings. The van der Waals surface area contributed by atoms with E-state index in [-0.39, 0.29) is 11.3 Å². The summed E-state index contributed by atoms with van der Waals surface area (Å²) in [5, 5.41) is 0.214. The Labute approximate surface area is 121 Å². The summed E-state index contributed by atoms with van der Waals surface area (Å²) in [4.78, 5) is 14.3. The number of ether oxygens (including phenoxy) is 1. The zero-order valence-electron chi connectivity index (χ0n) is 11.0. The molecule has 1 aromatic heterocycles. The van der Waals surface area contributed by atoms with Gasteiger partial charge < -0.3 is 14.2 Å². The topological polar surface area (TPSA) is 34.5 Å². The molecule has 0 spiro atoms. The van der Waals surface area contributed by atoms with Crippen LogP contribution in [0.1, 0.15) is 18.0 Å². The van der Waals surface area contributed by atoms with Crippen LogP contribution in [0.25, 0.3) is 0 Å². The Morgan fingerprint density at radius 3 is 3.16 bits per heavy atom. The number of hydrogen-bond donors (Lipinski definition) is 0. The van der Waals surface area contributed by atoms with E-state index < -0.39 is 0 Å². The summed E-state index contributed by atoms with van der Waals surface area (Å²) in [7, 11) is 0. The van der Waals surface area contributed by atoms with Crippen molar-refractivity contribution in [2.24, 2.45) is 0 Å². The molecule has 0 saturated carbocycles. The van der Waals surface area contributed by atoms with Crippen molar-refractivity contribution in [3.63, 3.8) is 0 Å². The standard InChI is InChI=1S/C13H16N2O2S2/c1-3-17-12(16)10-13(18-2)19-11-9-5-4-6-14(9)7-8-15(10)11/h4-6,11H,3,7-8H2,1-2H3. The largest absolute Gasteiger partial charge is 0.461 e. The molecule has 0 bridgehead atoms. The third-order valence-electron chi connectivity index (χ3n) is 3.34. The molecule has 0 amide bonds. The fourth-order valence-corrected chi connectivity index (χ4v) is 4.76. The number of rotatable bonds is 3. The van der Waals surface area contributed by atoms with E-state index in [1.165, 1.54) is 5.69 Å². The molecule has 0 N–H and O–H groups in total. The maximum atomic E-state index is 12.2. The van der Waals surface area contributed by atoms with Crippen LogP contribution in [0.5, 0.6) is 0 Å². The first kappa shape index (κ1) is 13.0. The summed E-state index contributed by atoms with van der Waals surface area (Å²) in [6.45, 7) is 4.04. The molecule has 0 aliphatic carbocycles. The first-order valence-electron chi connectivity index (χ1n) is 6.30. The monoisotopic (exact) mass is 296 g/mol. The number of esters is 1. The molecule has 1 unspecified atom stereocenters. The quantitative estimate of drug-likeness (QED) is 0.801. The van der Waals surface area contributed by atoms with E-state index in [2.05, 4.69) is 27.8 Å². The summed E-state index contributed by atoms with van der Waals surface area (Å²) < 4.78 is 8.54. The van der Waals surface area contributed by atoms with Gasteiger partial charge in [-0.05, 0) is 25.3 Å². The summed E-state index contributed by atoms with van der Waals surface area (Å²) in [6, 6.07) is 4.20. The second-order valence-corrected chi connectivity index (χ2v) is 6.52. The maximum absolute atomic E-state index is 12.2. The van der Waals surface area contributed by atoms with Gasteiger partial charge in [0.15, 0.2) is 0 Å². The molecule has 4 nitrogen and oxygen atoms in total. The molecule has 0 saturated heterocycles. The first-order valence-corrected chi connectivity index (χ1v) is 8.40. The number of hydrogen-bond acceptors (Lipinski definition) is 5. The molecule has 1 aromatic rings. The number of carbonyl (C=O) groups excluding carboxylic acids is 1. The summed E-state index contributed by atoms with van der Waals surface area (Å²) >= 11 is 3.38. The Hall–Kier alpha value is -1.01. The lowest BCUT2D eigenvalue weighted by atomic mass is 10.2. The highest BCUT2D eigenvalue weighted by Gasteiger charge is 2.40. The van der Waals surface area contributed by atoms with E-state index in [9.17, 15) is 4.79 Å². The average molecular weight is 296 g/mol. The van der Waals surface area contributed by atoms with E-state index in [0.29, 0.717) is 6.61 Å². The van der Waals surface area contributed by atoms with Gasteiger partial charge in [-0.25, -0.2) is 4.79 Å². The molecule has 102 valence electrons. The minimum atomic E-state index is -0.193. The summed E-state index contributed by atoms with van der Waals surface area (Å²) in [6.07, 6.45) is 4.12. The second kappa shape index (κ2) is 5.17. The maximum Gasteiger partial charge on any atom is 0.356 e. The van der Waals surface area contributed by atoms with Crippen LogP contribution in [0, 0.1) is 0 Å². The Balaban J connectivity index is 1.94. The zero-order chi connectivity index (χ0) is 13.4. The van der Waals surface area contributed by atoms with Gasteiger partial charge in [-0.3, -0.25) is 0 Å². The van der Waals surface area contributed by atoms with Gasteiger partial charge in [-0.1, -0.05) is 11.8 Å². The second-order valence-electron chi connectivity index (χ2n) is 4.35. The van der Waals surface area contributed by atoms with E-state index in [4.69, 9.17) is 4.74 Å². The van der Waals surface area contributed by atoms with Gasteiger partial charge in [0.1, 0.15) is 11.1 Å². The van der Waals surface area contributed by atoms with E-state index in [0.717, 1.165) is 23.0 Å². The van der Waals surface area contributed by atoms with Gasteiger partial charge in [0.25, 0.3) is 0 Å². The van der Waals surface area contributed by atoms with Gasteiger partial charge >= 0.3 is 5.97 Å². The van der Waals surface area contributed by atoms with Gasteiger partial charge in [-0.15, -0.1) is 11.8 Å². The van der Waals surface area contributed by atoms with Crippen LogP contribution >= 0.6 is 23.5 Å². The SMILES string of the molecule is CCOC(=O)C1=C(SC)SC2c3cccn3CCN12. The number of thioether (sulfide) groups is 2. The normalized spacial score (nSPS) is 21.4. The Morgan fingerprint density at radius 1 is 1.58 bits per heavy atom. The van der Waals surface area contributed by atoms with Crippen molar-refractivity contribution in [3.05, 3.63) is 34.0 Å². The minimum Gasteiger partial charge on any atom is -0.461 e. The number of carbonyl (C=O) groups is 1. The van der Waals surface area contributed by atoms with Gasteiger partial charge in [-0.2, -0.15) is 0 Å². The highest BCUT2D eigenvalue weighted by molar-refractivity contribution is 8.22. The molecule has 6 heteroatoms.